The van der Waals surface area contributed by atoms with E-state index in [1.807, 2.05) is 6.92 Å². The monoisotopic (exact) mass is 264 g/mol. The van der Waals surface area contributed by atoms with E-state index in [9.17, 15) is 0 Å². The molecular formula is C15H36O3. The first-order valence-electron chi connectivity index (χ1n) is 7.41. The maximum absolute atomic E-state index is 8.21. The van der Waals surface area contributed by atoms with E-state index in [0.717, 1.165) is 18.9 Å². The van der Waals surface area contributed by atoms with E-state index in [1.54, 1.807) is 0 Å². The second-order valence-corrected chi connectivity index (χ2v) is 4.72. The molecule has 0 heterocycles. The van der Waals surface area contributed by atoms with Crippen molar-refractivity contribution >= 4 is 0 Å². The van der Waals surface area contributed by atoms with Gasteiger partial charge in [0.1, 0.15) is 0 Å². The maximum Gasteiger partial charge on any atom is 0.0487 e. The maximum atomic E-state index is 8.21. The van der Waals surface area contributed by atoms with Crippen molar-refractivity contribution in [1.29, 1.82) is 0 Å². The topological polar surface area (TPSA) is 61.0 Å². The van der Waals surface area contributed by atoms with Gasteiger partial charge in [-0.25, -0.2) is 0 Å². The lowest BCUT2D eigenvalue weighted by Crippen LogP contribution is -1.99. The average molecular weight is 264 g/mol. The largest absolute Gasteiger partial charge is 0.412 e. The van der Waals surface area contributed by atoms with Crippen molar-refractivity contribution in [2.24, 2.45) is 5.92 Å². The molecule has 3 heteroatoms. The molecule has 0 bridgehead atoms. The van der Waals surface area contributed by atoms with Crippen LogP contribution in [0.5, 0.6) is 0 Å². The van der Waals surface area contributed by atoms with E-state index >= 15 is 0 Å². The average Bonchev–Trinajstić information content (AvgIpc) is 2.33. The Morgan fingerprint density at radius 3 is 1.83 bits per heavy atom. The van der Waals surface area contributed by atoms with Crippen molar-refractivity contribution in [3.8, 4) is 0 Å². The van der Waals surface area contributed by atoms with E-state index < -0.39 is 0 Å². The Bertz CT molecular complexity index is 108. The van der Waals surface area contributed by atoms with E-state index in [0.29, 0.717) is 6.61 Å². The molecule has 0 aliphatic heterocycles. The number of ether oxygens (including phenoxy) is 1. The van der Waals surface area contributed by atoms with Gasteiger partial charge >= 0.3 is 0 Å². The van der Waals surface area contributed by atoms with Gasteiger partial charge in [-0.2, -0.15) is 0 Å². The second-order valence-electron chi connectivity index (χ2n) is 4.72. The Labute approximate surface area is 114 Å². The van der Waals surface area contributed by atoms with E-state index in [4.69, 9.17) is 9.84 Å². The van der Waals surface area contributed by atoms with Crippen LogP contribution in [0.1, 0.15) is 72.6 Å². The predicted molar refractivity (Wildman–Crippen MR) is 80.0 cm³/mol. The summed E-state index contributed by atoms with van der Waals surface area (Å²) in [7, 11) is 0. The number of aliphatic hydroxyl groups is 1. The van der Waals surface area contributed by atoms with Gasteiger partial charge in [0, 0.05) is 19.8 Å². The summed E-state index contributed by atoms with van der Waals surface area (Å²) in [5.74, 6) is 1.04. The first-order chi connectivity index (χ1) is 8.22. The molecule has 1 aliphatic carbocycles. The summed E-state index contributed by atoms with van der Waals surface area (Å²) in [6.45, 7) is 10.2. The van der Waals surface area contributed by atoms with Gasteiger partial charge in [0.15, 0.2) is 0 Å². The lowest BCUT2D eigenvalue weighted by atomic mass is 9.91. The van der Waals surface area contributed by atoms with Crippen LogP contribution in [0, 0.1) is 5.92 Å². The molecule has 1 saturated carbocycles. The van der Waals surface area contributed by atoms with E-state index in [2.05, 4.69) is 20.8 Å². The third-order valence-corrected chi connectivity index (χ3v) is 2.54. The molecule has 1 aliphatic rings. The van der Waals surface area contributed by atoms with Gasteiger partial charge in [0.2, 0.25) is 0 Å². The van der Waals surface area contributed by atoms with Crippen LogP contribution >= 0.6 is 0 Å². The van der Waals surface area contributed by atoms with Crippen molar-refractivity contribution in [2.75, 3.05) is 19.8 Å². The zero-order chi connectivity index (χ0) is 13.4. The highest BCUT2D eigenvalue weighted by molar-refractivity contribution is 4.59. The first-order valence-corrected chi connectivity index (χ1v) is 7.41. The normalized spacial score (nSPS) is 14.5. The fourth-order valence-electron chi connectivity index (χ4n) is 1.62. The summed E-state index contributed by atoms with van der Waals surface area (Å²) in [6.07, 6.45) is 9.44. The summed E-state index contributed by atoms with van der Waals surface area (Å²) in [6, 6.07) is 0. The standard InChI is InChI=1S/C7H14.C5H12O2.C3H8.H2O/c1-7-5-3-2-4-6-7;1-2-7-5-3-4-6;1-3-2;/h7H,2-6H2,1H3;6H,2-5H2,1H3;3H2,1-2H3;1H2. The Hall–Kier alpha value is -0.120. The van der Waals surface area contributed by atoms with Gasteiger partial charge in [-0.15, -0.1) is 0 Å². The van der Waals surface area contributed by atoms with Crippen LogP contribution in [0.2, 0.25) is 0 Å². The molecule has 18 heavy (non-hydrogen) atoms. The van der Waals surface area contributed by atoms with Crippen LogP contribution in [0.15, 0.2) is 0 Å². The smallest absolute Gasteiger partial charge is 0.0487 e. The summed E-state index contributed by atoms with van der Waals surface area (Å²) in [4.78, 5) is 0. The molecule has 1 fully saturated rings. The van der Waals surface area contributed by atoms with Gasteiger partial charge in [-0.05, 0) is 19.3 Å². The molecule has 1 rings (SSSR count). The van der Waals surface area contributed by atoms with Crippen molar-refractivity contribution in [3.05, 3.63) is 0 Å². The van der Waals surface area contributed by atoms with Gasteiger partial charge in [0.25, 0.3) is 0 Å². The number of rotatable bonds is 4. The minimum Gasteiger partial charge on any atom is -0.412 e. The van der Waals surface area contributed by atoms with Crippen LogP contribution in [-0.4, -0.2) is 30.4 Å². The third kappa shape index (κ3) is 24.9. The summed E-state index contributed by atoms with van der Waals surface area (Å²) in [5.41, 5.74) is 0. The highest BCUT2D eigenvalue weighted by atomic mass is 16.5. The van der Waals surface area contributed by atoms with Crippen LogP contribution in [0.4, 0.5) is 0 Å². The molecule has 0 aromatic rings. The minimum absolute atomic E-state index is 0. The van der Waals surface area contributed by atoms with Gasteiger partial charge < -0.3 is 15.3 Å². The molecule has 0 radical (unpaired) electrons. The number of hydrogen-bond acceptors (Lipinski definition) is 2. The van der Waals surface area contributed by atoms with Gasteiger partial charge in [-0.1, -0.05) is 59.3 Å². The van der Waals surface area contributed by atoms with Crippen LogP contribution in [0.3, 0.4) is 0 Å². The second kappa shape index (κ2) is 22.1. The van der Waals surface area contributed by atoms with Crippen LogP contribution in [-0.2, 0) is 4.74 Å². The number of hydrogen-bond donors (Lipinski definition) is 1. The molecule has 0 aromatic carbocycles. The molecule has 0 unspecified atom stereocenters. The Kier molecular flexibility index (Phi) is 28.2. The van der Waals surface area contributed by atoms with Crippen molar-refractivity contribution in [1.82, 2.24) is 0 Å². The first kappa shape index (κ1) is 23.0. The Morgan fingerprint density at radius 1 is 1.06 bits per heavy atom. The van der Waals surface area contributed by atoms with Crippen LogP contribution < -0.4 is 0 Å². The highest BCUT2D eigenvalue weighted by Gasteiger charge is 2.05. The molecule has 114 valence electrons. The third-order valence-electron chi connectivity index (χ3n) is 2.54. The predicted octanol–water partition coefficient (Wildman–Crippen LogP) is 3.58. The van der Waals surface area contributed by atoms with Crippen LogP contribution in [0.25, 0.3) is 0 Å². The van der Waals surface area contributed by atoms with Gasteiger partial charge in [-0.3, -0.25) is 0 Å². The van der Waals surface area contributed by atoms with Crippen molar-refractivity contribution < 1.29 is 15.3 Å². The summed E-state index contributed by atoms with van der Waals surface area (Å²) >= 11 is 0. The molecule has 0 aromatic heterocycles. The lowest BCUT2D eigenvalue weighted by molar-refractivity contribution is 0.127. The van der Waals surface area contributed by atoms with Gasteiger partial charge in [0.05, 0.1) is 0 Å². The van der Waals surface area contributed by atoms with E-state index in [-0.39, 0.29) is 12.1 Å². The molecule has 0 amide bonds. The zero-order valence-corrected chi connectivity index (χ0v) is 13.0. The summed E-state index contributed by atoms with van der Waals surface area (Å²) < 4.78 is 4.91. The molecule has 0 atom stereocenters. The van der Waals surface area contributed by atoms with Crippen molar-refractivity contribution in [2.45, 2.75) is 72.6 Å². The van der Waals surface area contributed by atoms with Crippen molar-refractivity contribution in [3.63, 3.8) is 0 Å². The zero-order valence-electron chi connectivity index (χ0n) is 13.0. The SMILES string of the molecule is CC1CCCCC1.CCC.CCOCCCO.O. The molecular weight excluding hydrogens is 228 g/mol. The van der Waals surface area contributed by atoms with E-state index in [1.165, 1.54) is 38.5 Å². The lowest BCUT2D eigenvalue weighted by Gasteiger charge is -2.15. The molecule has 0 spiro atoms. The fourth-order valence-corrected chi connectivity index (χ4v) is 1.62. The molecule has 3 N–H and O–H groups in total. The number of aliphatic hydroxyl groups excluding tert-OH is 1. The molecule has 3 nitrogen and oxygen atoms in total. The summed E-state index contributed by atoms with van der Waals surface area (Å²) in [5, 5.41) is 8.21. The quantitative estimate of drug-likeness (QED) is 0.789. The fraction of sp³-hybridized carbons (Fsp3) is 1.00. The Balaban J connectivity index is -0.000000197. The Morgan fingerprint density at radius 2 is 1.56 bits per heavy atom. The molecule has 0 saturated heterocycles. The highest BCUT2D eigenvalue weighted by Crippen LogP contribution is 2.22. The minimum atomic E-state index is 0.